The van der Waals surface area contributed by atoms with Crippen LogP contribution in [0.4, 0.5) is 11.4 Å². The van der Waals surface area contributed by atoms with E-state index in [1.54, 1.807) is 24.3 Å². The first-order chi connectivity index (χ1) is 23.1. The first-order valence-corrected chi connectivity index (χ1v) is 18.2. The van der Waals surface area contributed by atoms with Gasteiger partial charge in [0.2, 0.25) is 20.0 Å². The first-order valence-electron chi connectivity index (χ1n) is 15.3. The molecule has 4 aromatic carbocycles. The number of sulfonamides is 2. The molecule has 2 aliphatic heterocycles. The van der Waals surface area contributed by atoms with Crippen LogP contribution >= 0.6 is 0 Å². The predicted octanol–water partition coefficient (Wildman–Crippen LogP) is 3.90. The molecule has 4 aromatic rings. The van der Waals surface area contributed by atoms with Crippen molar-refractivity contribution < 1.29 is 35.9 Å². The maximum absolute atomic E-state index is 12.8. The highest BCUT2D eigenvalue weighted by Crippen LogP contribution is 2.25. The highest BCUT2D eigenvalue weighted by atomic mass is 32.2. The Balaban J connectivity index is 1.03. The highest BCUT2D eigenvalue weighted by molar-refractivity contribution is 7.89. The average molecular weight is 691 g/mol. The molecule has 0 spiro atoms. The van der Waals surface area contributed by atoms with Crippen LogP contribution in [0.2, 0.25) is 0 Å². The Kier molecular flexibility index (Phi) is 10.0. The van der Waals surface area contributed by atoms with Gasteiger partial charge in [-0.2, -0.15) is 8.61 Å². The molecule has 0 saturated carbocycles. The molecular formula is C34H34N4O8S2. The summed E-state index contributed by atoms with van der Waals surface area (Å²) in [5.74, 6) is -0.738. The number of hydrogen-bond acceptors (Lipinski definition) is 8. The highest BCUT2D eigenvalue weighted by Gasteiger charge is 2.27. The van der Waals surface area contributed by atoms with Crippen molar-refractivity contribution in [3.05, 3.63) is 108 Å². The molecule has 14 heteroatoms. The third kappa shape index (κ3) is 7.49. The molecule has 0 radical (unpaired) electrons. The van der Waals surface area contributed by atoms with Crippen LogP contribution in [0.25, 0.3) is 11.1 Å². The van der Waals surface area contributed by atoms with Crippen molar-refractivity contribution in [3.8, 4) is 11.1 Å². The molecule has 12 nitrogen and oxygen atoms in total. The van der Waals surface area contributed by atoms with Crippen molar-refractivity contribution in [3.63, 3.8) is 0 Å². The number of nitrogens with zero attached hydrogens (tertiary/aromatic N) is 2. The first kappa shape index (κ1) is 33.5. The van der Waals surface area contributed by atoms with E-state index in [2.05, 4.69) is 10.6 Å². The Labute approximate surface area is 279 Å². The molecule has 6 rings (SSSR count). The van der Waals surface area contributed by atoms with Crippen molar-refractivity contribution in [2.75, 3.05) is 63.2 Å². The van der Waals surface area contributed by atoms with Crippen LogP contribution in [0, 0.1) is 0 Å². The number of amides is 2. The molecular weight excluding hydrogens is 657 g/mol. The van der Waals surface area contributed by atoms with E-state index in [0.717, 1.165) is 11.1 Å². The number of anilines is 2. The topological polar surface area (TPSA) is 151 Å². The van der Waals surface area contributed by atoms with E-state index in [1.807, 2.05) is 24.3 Å². The standard InChI is InChI=1S/C34H34N4O8S2/c39-33(27-5-13-31(14-6-27)47(41,42)37-17-21-45-22-18-37)35-29-9-1-25(2-10-29)26-3-11-30(12-4-26)36-34(40)28-7-15-32(16-8-28)48(43,44)38-19-23-46-24-20-38/h1-16H,17-24H2,(H,35,39)(H,36,40). The fourth-order valence-electron chi connectivity index (χ4n) is 5.33. The van der Waals surface area contributed by atoms with Crippen LogP contribution in [0.15, 0.2) is 107 Å². The molecule has 0 unspecified atom stereocenters. The fraction of sp³-hybridized carbons (Fsp3) is 0.235. The third-order valence-corrected chi connectivity index (χ3v) is 11.9. The second-order valence-corrected chi connectivity index (χ2v) is 15.0. The number of benzene rings is 4. The quantitative estimate of drug-likeness (QED) is 0.269. The van der Waals surface area contributed by atoms with E-state index in [9.17, 15) is 26.4 Å². The van der Waals surface area contributed by atoms with Crippen molar-refractivity contribution in [1.29, 1.82) is 0 Å². The van der Waals surface area contributed by atoms with Gasteiger partial charge in [0.05, 0.1) is 36.2 Å². The van der Waals surface area contributed by atoms with Crippen LogP contribution in [0.5, 0.6) is 0 Å². The van der Waals surface area contributed by atoms with E-state index < -0.39 is 20.0 Å². The van der Waals surface area contributed by atoms with Gasteiger partial charge in [-0.15, -0.1) is 0 Å². The van der Waals surface area contributed by atoms with Gasteiger partial charge in [-0.05, 0) is 83.9 Å². The van der Waals surface area contributed by atoms with Gasteiger partial charge >= 0.3 is 0 Å². The summed E-state index contributed by atoms with van der Waals surface area (Å²) in [6, 6.07) is 26.2. The molecule has 0 aromatic heterocycles. The van der Waals surface area contributed by atoms with Gasteiger partial charge in [0.15, 0.2) is 0 Å². The van der Waals surface area contributed by atoms with Crippen LogP contribution < -0.4 is 10.6 Å². The number of carbonyl (C=O) groups excluding carboxylic acids is 2. The summed E-state index contributed by atoms with van der Waals surface area (Å²) in [6.07, 6.45) is 0. The van der Waals surface area contributed by atoms with E-state index in [0.29, 0.717) is 75.1 Å². The fourth-order valence-corrected chi connectivity index (χ4v) is 8.14. The van der Waals surface area contributed by atoms with Gasteiger partial charge in [-0.3, -0.25) is 9.59 Å². The molecule has 0 bridgehead atoms. The molecule has 2 fully saturated rings. The monoisotopic (exact) mass is 690 g/mol. The van der Waals surface area contributed by atoms with E-state index in [4.69, 9.17) is 9.47 Å². The van der Waals surface area contributed by atoms with Crippen LogP contribution in [-0.4, -0.2) is 89.9 Å². The Morgan fingerprint density at radius 1 is 0.479 bits per heavy atom. The Morgan fingerprint density at radius 2 is 0.792 bits per heavy atom. The zero-order valence-electron chi connectivity index (χ0n) is 25.9. The SMILES string of the molecule is O=C(Nc1ccc(-c2ccc(NC(=O)c3ccc(S(=O)(=O)N4CCOCC4)cc3)cc2)cc1)c1ccc(S(=O)(=O)N2CCOCC2)cc1. The normalized spacial score (nSPS) is 16.2. The number of carbonyl (C=O) groups is 2. The molecule has 250 valence electrons. The minimum Gasteiger partial charge on any atom is -0.379 e. The number of hydrogen-bond donors (Lipinski definition) is 2. The van der Waals surface area contributed by atoms with Crippen molar-refractivity contribution in [1.82, 2.24) is 8.61 Å². The Bertz CT molecular complexity index is 1830. The summed E-state index contributed by atoms with van der Waals surface area (Å²) in [5.41, 5.74) is 3.57. The lowest BCUT2D eigenvalue weighted by atomic mass is 10.0. The largest absolute Gasteiger partial charge is 0.379 e. The molecule has 2 saturated heterocycles. The van der Waals surface area contributed by atoms with Gasteiger partial charge in [-0.1, -0.05) is 24.3 Å². The molecule has 0 atom stereocenters. The number of ether oxygens (including phenoxy) is 2. The lowest BCUT2D eigenvalue weighted by Gasteiger charge is -2.26. The average Bonchev–Trinajstić information content (AvgIpc) is 3.13. The van der Waals surface area contributed by atoms with Crippen molar-refractivity contribution in [2.45, 2.75) is 9.79 Å². The molecule has 2 heterocycles. The smallest absolute Gasteiger partial charge is 0.255 e. The summed E-state index contributed by atoms with van der Waals surface area (Å²) >= 11 is 0. The molecule has 2 aliphatic rings. The van der Waals surface area contributed by atoms with Gasteiger partial charge in [-0.25, -0.2) is 16.8 Å². The van der Waals surface area contributed by atoms with Crippen LogP contribution in [0.1, 0.15) is 20.7 Å². The van der Waals surface area contributed by atoms with E-state index in [-0.39, 0.29) is 21.6 Å². The maximum Gasteiger partial charge on any atom is 0.255 e. The minimum atomic E-state index is -3.65. The zero-order chi connectivity index (χ0) is 33.7. The van der Waals surface area contributed by atoms with Gasteiger partial charge < -0.3 is 20.1 Å². The zero-order valence-corrected chi connectivity index (χ0v) is 27.5. The second-order valence-electron chi connectivity index (χ2n) is 11.1. The molecule has 2 N–H and O–H groups in total. The summed E-state index contributed by atoms with van der Waals surface area (Å²) in [4.78, 5) is 25.9. The summed E-state index contributed by atoms with van der Waals surface area (Å²) in [6.45, 7) is 2.60. The number of nitrogens with one attached hydrogen (secondary N) is 2. The molecule has 0 aliphatic carbocycles. The lowest BCUT2D eigenvalue weighted by molar-refractivity contribution is 0.0730. The summed E-state index contributed by atoms with van der Waals surface area (Å²) in [5, 5.41) is 5.66. The molecule has 2 amide bonds. The van der Waals surface area contributed by atoms with Gasteiger partial charge in [0, 0.05) is 48.7 Å². The molecule has 48 heavy (non-hydrogen) atoms. The van der Waals surface area contributed by atoms with Gasteiger partial charge in [0.1, 0.15) is 0 Å². The second kappa shape index (κ2) is 14.4. The predicted molar refractivity (Wildman–Crippen MR) is 180 cm³/mol. The van der Waals surface area contributed by atoms with E-state index >= 15 is 0 Å². The van der Waals surface area contributed by atoms with Gasteiger partial charge in [0.25, 0.3) is 11.8 Å². The maximum atomic E-state index is 12.8. The van der Waals surface area contributed by atoms with Crippen molar-refractivity contribution >= 4 is 43.2 Å². The van der Waals surface area contributed by atoms with Crippen molar-refractivity contribution in [2.24, 2.45) is 0 Å². The Morgan fingerprint density at radius 3 is 1.10 bits per heavy atom. The van der Waals surface area contributed by atoms with Crippen LogP contribution in [-0.2, 0) is 29.5 Å². The van der Waals surface area contributed by atoms with Crippen LogP contribution in [0.3, 0.4) is 0 Å². The Hall–Kier alpha value is -4.44. The summed E-state index contributed by atoms with van der Waals surface area (Å²) in [7, 11) is -7.29. The summed E-state index contributed by atoms with van der Waals surface area (Å²) < 4.78 is 64.6. The van der Waals surface area contributed by atoms with E-state index in [1.165, 1.54) is 57.1 Å². The minimum absolute atomic E-state index is 0.127. The number of rotatable bonds is 9. The number of morpholine rings is 2. The third-order valence-electron chi connectivity index (χ3n) is 8.07. The lowest BCUT2D eigenvalue weighted by Crippen LogP contribution is -2.40.